The number of nitrogens with one attached hydrogen (secondary N) is 1. The van der Waals surface area contributed by atoms with Crippen LogP contribution in [0.15, 0.2) is 42.5 Å². The summed E-state index contributed by atoms with van der Waals surface area (Å²) < 4.78 is 30.7. The lowest BCUT2D eigenvalue weighted by molar-refractivity contribution is -0.120. The normalized spacial score (nSPS) is 14.6. The molecule has 0 heterocycles. The summed E-state index contributed by atoms with van der Waals surface area (Å²) in [6.07, 6.45) is 5.70. The van der Waals surface area contributed by atoms with Crippen LogP contribution in [-0.4, -0.2) is 34.2 Å². The van der Waals surface area contributed by atoms with Crippen LogP contribution in [0, 0.1) is 0 Å². The van der Waals surface area contributed by atoms with Crippen molar-refractivity contribution >= 4 is 21.6 Å². The minimum absolute atomic E-state index is 0.202. The number of anilines is 1. The minimum Gasteiger partial charge on any atom is -0.497 e. The van der Waals surface area contributed by atoms with Crippen molar-refractivity contribution in [3.63, 3.8) is 0 Å². The van der Waals surface area contributed by atoms with Crippen molar-refractivity contribution in [1.82, 2.24) is 5.32 Å². The number of amides is 1. The third-order valence-electron chi connectivity index (χ3n) is 5.30. The highest BCUT2D eigenvalue weighted by Crippen LogP contribution is 2.25. The smallest absolute Gasteiger partial charge is 0.241 e. The van der Waals surface area contributed by atoms with Gasteiger partial charge in [0.25, 0.3) is 0 Å². The monoisotopic (exact) mass is 416 g/mol. The molecule has 1 aliphatic rings. The summed E-state index contributed by atoms with van der Waals surface area (Å²) in [7, 11) is -2.07. The molecule has 0 saturated carbocycles. The lowest BCUT2D eigenvalue weighted by Gasteiger charge is -2.24. The Balaban J connectivity index is 1.71. The Kier molecular flexibility index (Phi) is 6.47. The van der Waals surface area contributed by atoms with E-state index >= 15 is 0 Å². The molecule has 7 heteroatoms. The van der Waals surface area contributed by atoms with Crippen molar-refractivity contribution in [3.8, 4) is 5.75 Å². The van der Waals surface area contributed by atoms with Gasteiger partial charge in [0.1, 0.15) is 12.3 Å². The molecule has 156 valence electrons. The van der Waals surface area contributed by atoms with Crippen LogP contribution in [0.5, 0.6) is 5.75 Å². The Hall–Kier alpha value is -2.54. The number of carbonyl (C=O) groups is 1. The Labute approximate surface area is 172 Å². The van der Waals surface area contributed by atoms with Gasteiger partial charge in [0.15, 0.2) is 0 Å². The van der Waals surface area contributed by atoms with E-state index in [0.717, 1.165) is 29.0 Å². The van der Waals surface area contributed by atoms with Crippen LogP contribution in [0.1, 0.15) is 42.5 Å². The van der Waals surface area contributed by atoms with Gasteiger partial charge in [-0.05, 0) is 73.6 Å². The van der Waals surface area contributed by atoms with Crippen LogP contribution in [0.2, 0.25) is 0 Å². The molecule has 0 unspecified atom stereocenters. The summed E-state index contributed by atoms with van der Waals surface area (Å²) in [6, 6.07) is 12.7. The van der Waals surface area contributed by atoms with Crippen LogP contribution in [0.4, 0.5) is 5.69 Å². The van der Waals surface area contributed by atoms with Gasteiger partial charge in [-0.2, -0.15) is 0 Å². The quantitative estimate of drug-likeness (QED) is 0.752. The molecular weight excluding hydrogens is 388 g/mol. The summed E-state index contributed by atoms with van der Waals surface area (Å²) in [6.45, 7) is 1.64. The average molecular weight is 417 g/mol. The fraction of sp³-hybridized carbons (Fsp3) is 0.409. The van der Waals surface area contributed by atoms with Crippen molar-refractivity contribution in [2.24, 2.45) is 0 Å². The van der Waals surface area contributed by atoms with Crippen LogP contribution in [0.25, 0.3) is 0 Å². The molecule has 6 nitrogen and oxygen atoms in total. The number of hydrogen-bond donors (Lipinski definition) is 1. The van der Waals surface area contributed by atoms with E-state index < -0.39 is 10.0 Å². The lowest BCUT2D eigenvalue weighted by Crippen LogP contribution is -2.41. The van der Waals surface area contributed by atoms with Crippen molar-refractivity contribution in [2.45, 2.75) is 38.6 Å². The van der Waals surface area contributed by atoms with Crippen molar-refractivity contribution in [2.75, 3.05) is 24.2 Å². The number of hydrogen-bond acceptors (Lipinski definition) is 4. The number of ether oxygens (including phenoxy) is 1. The number of methoxy groups -OCH3 is 1. The highest BCUT2D eigenvalue weighted by atomic mass is 32.2. The van der Waals surface area contributed by atoms with E-state index in [9.17, 15) is 13.2 Å². The maximum Gasteiger partial charge on any atom is 0.241 e. The molecule has 0 aliphatic heterocycles. The average Bonchev–Trinajstić information content (AvgIpc) is 2.71. The molecule has 0 fully saturated rings. The highest BCUT2D eigenvalue weighted by molar-refractivity contribution is 7.92. The molecule has 3 rings (SSSR count). The van der Waals surface area contributed by atoms with Gasteiger partial charge in [0.2, 0.25) is 15.9 Å². The van der Waals surface area contributed by atoms with Gasteiger partial charge in [-0.1, -0.05) is 18.2 Å². The number of carbonyl (C=O) groups excluding carboxylic acids is 1. The summed E-state index contributed by atoms with van der Waals surface area (Å²) in [5.74, 6) is 0.268. The first-order valence-corrected chi connectivity index (χ1v) is 11.7. The van der Waals surface area contributed by atoms with Gasteiger partial charge in [-0.15, -0.1) is 0 Å². The Morgan fingerprint density at radius 3 is 2.38 bits per heavy atom. The van der Waals surface area contributed by atoms with Gasteiger partial charge < -0.3 is 10.1 Å². The van der Waals surface area contributed by atoms with Crippen LogP contribution >= 0.6 is 0 Å². The molecule has 1 amide bonds. The summed E-state index contributed by atoms with van der Waals surface area (Å²) in [4.78, 5) is 12.6. The maximum atomic E-state index is 12.6. The molecular formula is C22H28N2O4S. The molecule has 0 aromatic heterocycles. The molecule has 2 aromatic rings. The summed E-state index contributed by atoms with van der Waals surface area (Å²) in [5, 5.41) is 2.93. The van der Waals surface area contributed by atoms with Gasteiger partial charge in [0.05, 0.1) is 25.1 Å². The fourth-order valence-electron chi connectivity index (χ4n) is 3.67. The van der Waals surface area contributed by atoms with Gasteiger partial charge in [-0.25, -0.2) is 8.42 Å². The zero-order valence-electron chi connectivity index (χ0n) is 17.1. The second-order valence-electron chi connectivity index (χ2n) is 7.49. The van der Waals surface area contributed by atoms with Crippen LogP contribution in [-0.2, 0) is 27.7 Å². The first-order valence-electron chi connectivity index (χ1n) is 9.81. The lowest BCUT2D eigenvalue weighted by atomic mass is 9.89. The van der Waals surface area contributed by atoms with Gasteiger partial charge in [-0.3, -0.25) is 9.10 Å². The molecule has 2 aromatic carbocycles. The molecule has 0 radical (unpaired) electrons. The SMILES string of the molecule is COc1ccc(N(CC(=O)N[C@H](C)c2ccc3c(c2)CCCC3)S(C)(=O)=O)cc1. The maximum absolute atomic E-state index is 12.6. The third kappa shape index (κ3) is 5.29. The number of rotatable bonds is 7. The molecule has 0 spiro atoms. The van der Waals surface area contributed by atoms with Gasteiger partial charge >= 0.3 is 0 Å². The second-order valence-corrected chi connectivity index (χ2v) is 9.40. The topological polar surface area (TPSA) is 75.7 Å². The van der Waals surface area contributed by atoms with Crippen molar-refractivity contribution < 1.29 is 17.9 Å². The van der Waals surface area contributed by atoms with E-state index in [4.69, 9.17) is 4.74 Å². The zero-order chi connectivity index (χ0) is 21.0. The summed E-state index contributed by atoms with van der Waals surface area (Å²) >= 11 is 0. The van der Waals surface area contributed by atoms with E-state index in [0.29, 0.717) is 11.4 Å². The number of fused-ring (bicyclic) bond motifs is 1. The van der Waals surface area contributed by atoms with Crippen molar-refractivity contribution in [3.05, 3.63) is 59.2 Å². The molecule has 1 atom stereocenters. The highest BCUT2D eigenvalue weighted by Gasteiger charge is 2.22. The van der Waals surface area contributed by atoms with E-state index in [1.807, 2.05) is 13.0 Å². The van der Waals surface area contributed by atoms with Crippen LogP contribution < -0.4 is 14.4 Å². The van der Waals surface area contributed by atoms with E-state index in [-0.39, 0.29) is 18.5 Å². The standard InChI is InChI=1S/C22H28N2O4S/c1-16(18-9-8-17-6-4-5-7-19(17)14-18)23-22(25)15-24(29(3,26)27)20-10-12-21(28-2)13-11-20/h8-14,16H,4-7,15H2,1-3H3,(H,23,25)/t16-/m1/s1. The van der Waals surface area contributed by atoms with E-state index in [1.165, 1.54) is 24.0 Å². The number of sulfonamides is 1. The molecule has 0 saturated heterocycles. The van der Waals surface area contributed by atoms with E-state index in [1.54, 1.807) is 31.4 Å². The largest absolute Gasteiger partial charge is 0.497 e. The molecule has 29 heavy (non-hydrogen) atoms. The predicted octanol–water partition coefficient (Wildman–Crippen LogP) is 3.22. The van der Waals surface area contributed by atoms with Crippen molar-refractivity contribution in [1.29, 1.82) is 0 Å². The third-order valence-corrected chi connectivity index (χ3v) is 6.44. The minimum atomic E-state index is -3.61. The molecule has 0 bridgehead atoms. The first-order chi connectivity index (χ1) is 13.8. The Morgan fingerprint density at radius 1 is 1.10 bits per heavy atom. The Bertz CT molecular complexity index is 971. The van der Waals surface area contributed by atoms with Crippen LogP contribution in [0.3, 0.4) is 0 Å². The van der Waals surface area contributed by atoms with E-state index in [2.05, 4.69) is 17.4 Å². The molecule has 1 N–H and O–H groups in total. The summed E-state index contributed by atoms with van der Waals surface area (Å²) in [5.41, 5.74) is 4.20. The number of nitrogens with zero attached hydrogens (tertiary/aromatic N) is 1. The number of aryl methyl sites for hydroxylation is 2. The first kappa shape index (κ1) is 21.2. The zero-order valence-corrected chi connectivity index (χ0v) is 18.0. The fourth-order valence-corrected chi connectivity index (χ4v) is 4.53. The number of benzene rings is 2. The van der Waals surface area contributed by atoms with Gasteiger partial charge in [0, 0.05) is 0 Å². The molecule has 1 aliphatic carbocycles. The Morgan fingerprint density at radius 2 is 1.76 bits per heavy atom. The second kappa shape index (κ2) is 8.86. The predicted molar refractivity (Wildman–Crippen MR) is 115 cm³/mol.